The number of hydrogen-bond donors (Lipinski definition) is 2. The van der Waals surface area contributed by atoms with Gasteiger partial charge in [0.15, 0.2) is 0 Å². The zero-order valence-electron chi connectivity index (χ0n) is 18.2. The number of nitrogens with zero attached hydrogens (tertiary/aromatic N) is 3. The van der Waals surface area contributed by atoms with E-state index in [9.17, 15) is 14.4 Å². The largest absolute Gasteiger partial charge is 0.465 e. The van der Waals surface area contributed by atoms with Gasteiger partial charge < -0.3 is 15.3 Å². The van der Waals surface area contributed by atoms with E-state index < -0.39 is 12.1 Å². The summed E-state index contributed by atoms with van der Waals surface area (Å²) < 4.78 is 1.56. The molecule has 0 aliphatic carbocycles. The Bertz CT molecular complexity index is 1230. The molecule has 3 aromatic rings. The van der Waals surface area contributed by atoms with Gasteiger partial charge in [-0.25, -0.2) is 9.78 Å². The number of carbonyl (C=O) groups excluding carboxylic acids is 1. The van der Waals surface area contributed by atoms with Crippen molar-refractivity contribution in [1.82, 2.24) is 19.8 Å². The van der Waals surface area contributed by atoms with Crippen LogP contribution in [0.5, 0.6) is 0 Å². The highest BCUT2D eigenvalue weighted by Gasteiger charge is 2.27. The van der Waals surface area contributed by atoms with Crippen LogP contribution in [0.25, 0.3) is 10.9 Å². The Morgan fingerprint density at radius 2 is 2.00 bits per heavy atom. The molecule has 33 heavy (non-hydrogen) atoms. The average molecular weight is 469 g/mol. The molecule has 1 unspecified atom stereocenters. The van der Waals surface area contributed by atoms with Gasteiger partial charge >= 0.3 is 6.09 Å². The number of amides is 2. The predicted molar refractivity (Wildman–Crippen MR) is 128 cm³/mol. The van der Waals surface area contributed by atoms with Crippen LogP contribution in [0.2, 0.25) is 5.02 Å². The molecule has 172 valence electrons. The van der Waals surface area contributed by atoms with Crippen LogP contribution in [-0.4, -0.2) is 44.6 Å². The summed E-state index contributed by atoms with van der Waals surface area (Å²) in [4.78, 5) is 43.4. The van der Waals surface area contributed by atoms with Crippen molar-refractivity contribution in [3.8, 4) is 0 Å². The Morgan fingerprint density at radius 1 is 1.27 bits per heavy atom. The van der Waals surface area contributed by atoms with E-state index in [1.807, 2.05) is 37.3 Å². The third-order valence-electron chi connectivity index (χ3n) is 5.28. The average Bonchev–Trinajstić information content (AvgIpc) is 2.80. The summed E-state index contributed by atoms with van der Waals surface area (Å²) in [5.74, 6) is 0.00684. The summed E-state index contributed by atoms with van der Waals surface area (Å²) in [6.45, 7) is 5.82. The molecule has 9 heteroatoms. The van der Waals surface area contributed by atoms with Crippen molar-refractivity contribution in [2.45, 2.75) is 25.9 Å². The number of carbonyl (C=O) groups is 2. The van der Waals surface area contributed by atoms with E-state index in [0.717, 1.165) is 5.56 Å². The van der Waals surface area contributed by atoms with Crippen LogP contribution in [0, 0.1) is 0 Å². The van der Waals surface area contributed by atoms with Gasteiger partial charge in [-0.3, -0.25) is 14.2 Å². The fourth-order valence-electron chi connectivity index (χ4n) is 3.75. The third-order valence-corrected chi connectivity index (χ3v) is 5.51. The highest BCUT2D eigenvalue weighted by molar-refractivity contribution is 6.31. The molecule has 0 aliphatic rings. The number of carboxylic acid groups (broad SMARTS) is 1. The first-order valence-corrected chi connectivity index (χ1v) is 10.9. The minimum Gasteiger partial charge on any atom is -0.465 e. The zero-order chi connectivity index (χ0) is 24.0. The Morgan fingerprint density at radius 3 is 2.64 bits per heavy atom. The van der Waals surface area contributed by atoms with Crippen molar-refractivity contribution in [3.63, 3.8) is 0 Å². The molecule has 0 fully saturated rings. The summed E-state index contributed by atoms with van der Waals surface area (Å²) in [6, 6.07) is 13.8. The lowest BCUT2D eigenvalue weighted by Gasteiger charge is -2.31. The van der Waals surface area contributed by atoms with Gasteiger partial charge in [0.05, 0.1) is 23.5 Å². The number of fused-ring (bicyclic) bond motifs is 1. The molecule has 3 rings (SSSR count). The second kappa shape index (κ2) is 10.8. The molecule has 2 amide bonds. The topological polar surface area (TPSA) is 105 Å². The molecule has 1 aromatic heterocycles. The second-order valence-corrected chi connectivity index (χ2v) is 7.84. The molecule has 0 radical (unpaired) electrons. The minimum atomic E-state index is -1.19. The Labute approximate surface area is 196 Å². The molecule has 0 saturated heterocycles. The maximum atomic E-state index is 13.5. The number of hydrogen-bond acceptors (Lipinski definition) is 4. The first-order valence-electron chi connectivity index (χ1n) is 10.5. The van der Waals surface area contributed by atoms with Gasteiger partial charge in [-0.05, 0) is 36.3 Å². The third kappa shape index (κ3) is 5.59. The summed E-state index contributed by atoms with van der Waals surface area (Å²) >= 11 is 6.15. The lowest BCUT2D eigenvalue weighted by molar-refractivity contribution is -0.128. The Kier molecular flexibility index (Phi) is 7.84. The van der Waals surface area contributed by atoms with Crippen molar-refractivity contribution in [2.75, 3.05) is 13.1 Å². The number of rotatable bonds is 9. The molecule has 8 nitrogen and oxygen atoms in total. The van der Waals surface area contributed by atoms with Gasteiger partial charge in [-0.1, -0.05) is 55.4 Å². The summed E-state index contributed by atoms with van der Waals surface area (Å²) in [7, 11) is 0. The van der Waals surface area contributed by atoms with Gasteiger partial charge in [-0.15, -0.1) is 0 Å². The van der Waals surface area contributed by atoms with E-state index in [0.29, 0.717) is 28.2 Å². The highest BCUT2D eigenvalue weighted by Crippen LogP contribution is 2.25. The van der Waals surface area contributed by atoms with Crippen LogP contribution < -0.4 is 10.9 Å². The Balaban J connectivity index is 2.17. The van der Waals surface area contributed by atoms with E-state index in [1.165, 1.54) is 11.0 Å². The molecule has 2 N–H and O–H groups in total. The molecule has 0 bridgehead atoms. The summed E-state index contributed by atoms with van der Waals surface area (Å²) in [5.41, 5.74) is 1.09. The maximum absolute atomic E-state index is 13.5. The van der Waals surface area contributed by atoms with Crippen molar-refractivity contribution >= 4 is 34.5 Å². The van der Waals surface area contributed by atoms with E-state index in [-0.39, 0.29) is 31.1 Å². The predicted octanol–water partition coefficient (Wildman–Crippen LogP) is 3.83. The number of halogens is 1. The molecular weight excluding hydrogens is 444 g/mol. The van der Waals surface area contributed by atoms with Crippen molar-refractivity contribution < 1.29 is 14.7 Å². The Hall–Kier alpha value is -3.65. The van der Waals surface area contributed by atoms with Gasteiger partial charge in [0.1, 0.15) is 5.82 Å². The maximum Gasteiger partial charge on any atom is 0.404 e. The van der Waals surface area contributed by atoms with Gasteiger partial charge in [-0.2, -0.15) is 0 Å². The van der Waals surface area contributed by atoms with Crippen molar-refractivity contribution in [1.29, 1.82) is 0 Å². The molecule has 0 aliphatic heterocycles. The second-order valence-electron chi connectivity index (χ2n) is 7.40. The number of aromatic nitrogens is 2. The molecule has 0 saturated carbocycles. The molecular formula is C24H25ClN4O4. The van der Waals surface area contributed by atoms with E-state index >= 15 is 0 Å². The first-order chi connectivity index (χ1) is 15.8. The SMILES string of the molecule is C=CC(=O)N(CCNC(=O)O)C(CC)c1nc2cc(Cl)ccc2c(=O)n1Cc1ccccc1. The molecule has 1 atom stereocenters. The van der Waals surface area contributed by atoms with E-state index in [1.54, 1.807) is 22.8 Å². The molecule has 2 aromatic carbocycles. The highest BCUT2D eigenvalue weighted by atomic mass is 35.5. The fourth-order valence-corrected chi connectivity index (χ4v) is 3.91. The first kappa shape index (κ1) is 24.0. The summed E-state index contributed by atoms with van der Waals surface area (Å²) in [6.07, 6.45) is 0.425. The quantitative estimate of drug-likeness (QED) is 0.464. The summed E-state index contributed by atoms with van der Waals surface area (Å²) in [5, 5.41) is 12.1. The van der Waals surface area contributed by atoms with Crippen LogP contribution in [0.15, 0.2) is 66.0 Å². The lowest BCUT2D eigenvalue weighted by Crippen LogP contribution is -2.42. The molecule has 1 heterocycles. The van der Waals surface area contributed by atoms with Crippen molar-refractivity contribution in [3.05, 3.63) is 88.0 Å². The lowest BCUT2D eigenvalue weighted by atomic mass is 10.1. The van der Waals surface area contributed by atoms with Crippen LogP contribution in [0.1, 0.15) is 30.8 Å². The van der Waals surface area contributed by atoms with E-state index in [4.69, 9.17) is 21.7 Å². The van der Waals surface area contributed by atoms with Crippen molar-refractivity contribution in [2.24, 2.45) is 0 Å². The smallest absolute Gasteiger partial charge is 0.404 e. The van der Waals surface area contributed by atoms with Gasteiger partial charge in [0, 0.05) is 18.1 Å². The normalized spacial score (nSPS) is 11.7. The number of nitrogens with one attached hydrogen (secondary N) is 1. The monoisotopic (exact) mass is 468 g/mol. The van der Waals surface area contributed by atoms with Gasteiger partial charge in [0.25, 0.3) is 5.56 Å². The van der Waals surface area contributed by atoms with Crippen LogP contribution in [-0.2, 0) is 11.3 Å². The van der Waals surface area contributed by atoms with Crippen LogP contribution in [0.3, 0.4) is 0 Å². The van der Waals surface area contributed by atoms with E-state index in [2.05, 4.69) is 11.9 Å². The zero-order valence-corrected chi connectivity index (χ0v) is 19.0. The van der Waals surface area contributed by atoms with Crippen LogP contribution >= 0.6 is 11.6 Å². The van der Waals surface area contributed by atoms with Gasteiger partial charge in [0.2, 0.25) is 5.91 Å². The fraction of sp³-hybridized carbons (Fsp3) is 0.250. The molecule has 0 spiro atoms. The standard InChI is InChI=1S/C24H25ClN4O4/c1-3-20(28(21(30)4-2)13-12-26-24(32)33)22-27-19-14-17(25)10-11-18(19)23(31)29(22)15-16-8-6-5-7-9-16/h4-11,14,20,26H,2-3,12-13,15H2,1H3,(H,32,33). The van der Waals surface area contributed by atoms with Crippen LogP contribution in [0.4, 0.5) is 4.79 Å². The minimum absolute atomic E-state index is 0.0216. The number of benzene rings is 2.